The number of halogens is 2. The third-order valence-electron chi connectivity index (χ3n) is 3.89. The molecule has 1 heterocycles. The number of hydrogen-bond acceptors (Lipinski definition) is 4. The Hall–Kier alpha value is -2.09. The van der Waals surface area contributed by atoms with Crippen molar-refractivity contribution in [1.82, 2.24) is 4.98 Å². The minimum Gasteiger partial charge on any atom is -0.591 e. The molecule has 0 N–H and O–H groups in total. The lowest BCUT2D eigenvalue weighted by Gasteiger charge is -2.17. The first-order valence-corrected chi connectivity index (χ1v) is 10.6. The molecule has 0 unspecified atom stereocenters. The van der Waals surface area contributed by atoms with Gasteiger partial charge in [0.05, 0.1) is 0 Å². The van der Waals surface area contributed by atoms with E-state index in [1.165, 1.54) is 17.6 Å². The summed E-state index contributed by atoms with van der Waals surface area (Å²) in [4.78, 5) is 5.31. The van der Waals surface area contributed by atoms with Crippen LogP contribution < -0.4 is 0 Å². The summed E-state index contributed by atoms with van der Waals surface area (Å²) < 4.78 is 43.7. The molecule has 0 fully saturated rings. The van der Waals surface area contributed by atoms with E-state index >= 15 is 0 Å². The maximum Gasteiger partial charge on any atom is 0.144 e. The molecule has 3 rings (SSSR count). The molecule has 0 aliphatic rings. The first kappa shape index (κ1) is 20.6. The standard InChI is InChI=1S/C21H20F2N2OS2/c1-21(2,3)28(26)24-13-18-19(11-14-7-5-4-6-8-14)27-20(25-18)16-12-15(22)9-10-17(16)23/h4-10,12-13H,11H2,1-3H3/t28-/m1/s1. The molecule has 3 nitrogen and oxygen atoms in total. The van der Waals surface area contributed by atoms with Gasteiger partial charge in [-0.1, -0.05) is 34.7 Å². The lowest BCUT2D eigenvalue weighted by atomic mass is 10.1. The summed E-state index contributed by atoms with van der Waals surface area (Å²) in [5.41, 5.74) is 1.69. The molecule has 3 aromatic rings. The van der Waals surface area contributed by atoms with E-state index in [1.807, 2.05) is 51.1 Å². The minimum atomic E-state index is -1.44. The van der Waals surface area contributed by atoms with E-state index in [2.05, 4.69) is 9.38 Å². The molecule has 28 heavy (non-hydrogen) atoms. The minimum absolute atomic E-state index is 0.107. The van der Waals surface area contributed by atoms with Crippen LogP contribution in [-0.4, -0.2) is 20.5 Å². The Kier molecular flexibility index (Phi) is 6.27. The topological polar surface area (TPSA) is 48.3 Å². The third kappa shape index (κ3) is 5.04. The molecule has 2 aromatic carbocycles. The van der Waals surface area contributed by atoms with Crippen molar-refractivity contribution in [1.29, 1.82) is 0 Å². The van der Waals surface area contributed by atoms with Crippen LogP contribution in [0, 0.1) is 11.6 Å². The Balaban J connectivity index is 2.02. The largest absolute Gasteiger partial charge is 0.591 e. The zero-order chi connectivity index (χ0) is 20.3. The van der Waals surface area contributed by atoms with Crippen LogP contribution in [0.4, 0.5) is 8.78 Å². The smallest absolute Gasteiger partial charge is 0.144 e. The highest BCUT2D eigenvalue weighted by Gasteiger charge is 2.26. The fourth-order valence-corrected chi connectivity index (χ4v) is 4.00. The number of rotatable bonds is 5. The van der Waals surface area contributed by atoms with Gasteiger partial charge in [-0.05, 0) is 44.5 Å². The van der Waals surface area contributed by atoms with E-state index in [0.29, 0.717) is 17.1 Å². The van der Waals surface area contributed by atoms with Gasteiger partial charge in [0.15, 0.2) is 0 Å². The summed E-state index contributed by atoms with van der Waals surface area (Å²) in [5.74, 6) is -1.07. The molecular weight excluding hydrogens is 398 g/mol. The van der Waals surface area contributed by atoms with E-state index in [-0.39, 0.29) is 5.56 Å². The van der Waals surface area contributed by atoms with Gasteiger partial charge in [0.25, 0.3) is 0 Å². The normalized spacial score (nSPS) is 13.2. The van der Waals surface area contributed by atoms with Gasteiger partial charge in [0.1, 0.15) is 44.7 Å². The van der Waals surface area contributed by atoms with Crippen LogP contribution in [0.25, 0.3) is 10.6 Å². The van der Waals surface area contributed by atoms with E-state index in [9.17, 15) is 13.3 Å². The van der Waals surface area contributed by atoms with E-state index < -0.39 is 27.7 Å². The highest BCUT2D eigenvalue weighted by atomic mass is 32.2. The average Bonchev–Trinajstić information content (AvgIpc) is 3.04. The Morgan fingerprint density at radius 1 is 1.14 bits per heavy atom. The number of hydrogen-bond donors (Lipinski definition) is 0. The maximum atomic E-state index is 14.2. The maximum absolute atomic E-state index is 14.2. The predicted molar refractivity (Wildman–Crippen MR) is 112 cm³/mol. The van der Waals surface area contributed by atoms with Crippen molar-refractivity contribution in [3.05, 3.63) is 76.3 Å². The second-order valence-corrected chi connectivity index (χ2v) is 10.2. The fraction of sp³-hybridized carbons (Fsp3) is 0.238. The summed E-state index contributed by atoms with van der Waals surface area (Å²) in [6.07, 6.45) is 2.04. The fourth-order valence-electron chi connectivity index (χ4n) is 2.40. The molecule has 0 aliphatic carbocycles. The van der Waals surface area contributed by atoms with Gasteiger partial charge in [-0.25, -0.2) is 13.8 Å². The summed E-state index contributed by atoms with van der Waals surface area (Å²) in [6, 6.07) is 13.1. The van der Waals surface area contributed by atoms with Crippen molar-refractivity contribution >= 4 is 28.9 Å². The van der Waals surface area contributed by atoms with Crippen molar-refractivity contribution < 1.29 is 13.3 Å². The zero-order valence-electron chi connectivity index (χ0n) is 15.8. The van der Waals surface area contributed by atoms with Crippen LogP contribution in [0.3, 0.4) is 0 Å². The van der Waals surface area contributed by atoms with Crippen molar-refractivity contribution in [2.75, 3.05) is 0 Å². The summed E-state index contributed by atoms with van der Waals surface area (Å²) in [7, 11) is 0. The molecule has 0 bridgehead atoms. The van der Waals surface area contributed by atoms with Crippen molar-refractivity contribution in [3.8, 4) is 10.6 Å². The molecule has 7 heteroatoms. The van der Waals surface area contributed by atoms with Gasteiger partial charge in [-0.15, -0.1) is 11.3 Å². The van der Waals surface area contributed by atoms with E-state index in [4.69, 9.17) is 0 Å². The summed E-state index contributed by atoms with van der Waals surface area (Å²) in [6.45, 7) is 5.50. The molecule has 0 saturated carbocycles. The monoisotopic (exact) mass is 418 g/mol. The second-order valence-electron chi connectivity index (χ2n) is 7.21. The summed E-state index contributed by atoms with van der Waals surface area (Å²) >= 11 is -0.154. The van der Waals surface area contributed by atoms with Gasteiger partial charge < -0.3 is 4.55 Å². The van der Waals surface area contributed by atoms with Crippen LogP contribution in [0.5, 0.6) is 0 Å². The highest BCUT2D eigenvalue weighted by Crippen LogP contribution is 2.31. The average molecular weight is 419 g/mol. The Morgan fingerprint density at radius 3 is 2.54 bits per heavy atom. The van der Waals surface area contributed by atoms with Gasteiger partial charge in [0.2, 0.25) is 0 Å². The van der Waals surface area contributed by atoms with Crippen molar-refractivity contribution in [2.45, 2.75) is 31.9 Å². The molecule has 0 saturated heterocycles. The Labute approximate surface area is 170 Å². The van der Waals surface area contributed by atoms with Crippen LogP contribution in [-0.2, 0) is 17.8 Å². The van der Waals surface area contributed by atoms with Gasteiger partial charge in [-0.3, -0.25) is 0 Å². The van der Waals surface area contributed by atoms with Gasteiger partial charge in [0, 0.05) is 16.9 Å². The van der Waals surface area contributed by atoms with Crippen molar-refractivity contribution in [3.63, 3.8) is 0 Å². The summed E-state index contributed by atoms with van der Waals surface area (Å²) in [5, 5.41) is 0.367. The lowest BCUT2D eigenvalue weighted by molar-refractivity contribution is 0.562. The molecule has 0 spiro atoms. The highest BCUT2D eigenvalue weighted by molar-refractivity contribution is 7.91. The third-order valence-corrected chi connectivity index (χ3v) is 6.34. The number of thiazole rings is 1. The van der Waals surface area contributed by atoms with Crippen LogP contribution in [0.2, 0.25) is 0 Å². The first-order valence-electron chi connectivity index (χ1n) is 8.69. The lowest BCUT2D eigenvalue weighted by Crippen LogP contribution is -2.25. The molecule has 1 aromatic heterocycles. The molecule has 1 atom stereocenters. The SMILES string of the molecule is CC(C)(C)[S@@+]([O-])N=Cc1nc(-c2cc(F)ccc2F)sc1Cc1ccccc1. The van der Waals surface area contributed by atoms with Gasteiger partial charge >= 0.3 is 0 Å². The zero-order valence-corrected chi connectivity index (χ0v) is 17.4. The van der Waals surface area contributed by atoms with Crippen molar-refractivity contribution in [2.24, 2.45) is 4.40 Å². The molecule has 0 radical (unpaired) electrons. The predicted octanol–water partition coefficient (Wildman–Crippen LogP) is 5.56. The van der Waals surface area contributed by atoms with E-state index in [1.54, 1.807) is 0 Å². The first-order chi connectivity index (χ1) is 13.2. The molecule has 0 aliphatic heterocycles. The number of benzene rings is 2. The van der Waals surface area contributed by atoms with Crippen LogP contribution in [0.15, 0.2) is 52.9 Å². The number of nitrogens with zero attached hydrogens (tertiary/aromatic N) is 2. The molecular formula is C21H20F2N2OS2. The second kappa shape index (κ2) is 8.51. The molecule has 146 valence electrons. The Bertz CT molecular complexity index is 982. The van der Waals surface area contributed by atoms with Crippen LogP contribution >= 0.6 is 11.3 Å². The quantitative estimate of drug-likeness (QED) is 0.402. The van der Waals surface area contributed by atoms with Gasteiger partial charge in [-0.2, -0.15) is 0 Å². The number of aromatic nitrogens is 1. The molecule has 0 amide bonds. The Morgan fingerprint density at radius 2 is 1.86 bits per heavy atom. The van der Waals surface area contributed by atoms with E-state index in [0.717, 1.165) is 28.6 Å². The van der Waals surface area contributed by atoms with Crippen LogP contribution in [0.1, 0.15) is 36.9 Å².